The van der Waals surface area contributed by atoms with Gasteiger partial charge in [0, 0.05) is 11.8 Å². The molecule has 0 aliphatic heterocycles. The van der Waals surface area contributed by atoms with Gasteiger partial charge in [-0.25, -0.2) is 0 Å². The third kappa shape index (κ3) is 2.52. The smallest absolute Gasteiger partial charge is 0.122 e. The maximum Gasteiger partial charge on any atom is 0.122 e. The predicted molar refractivity (Wildman–Crippen MR) is 62.2 cm³/mol. The molecule has 0 saturated carbocycles. The Morgan fingerprint density at radius 1 is 1.44 bits per heavy atom. The molecule has 0 aromatic carbocycles. The van der Waals surface area contributed by atoms with E-state index in [2.05, 4.69) is 17.3 Å². The highest BCUT2D eigenvalue weighted by Gasteiger charge is 2.06. The van der Waals surface area contributed by atoms with Crippen molar-refractivity contribution in [3.63, 3.8) is 0 Å². The molecule has 4 nitrogen and oxygen atoms in total. The van der Waals surface area contributed by atoms with E-state index in [1.54, 1.807) is 6.26 Å². The quantitative estimate of drug-likeness (QED) is 0.835. The molecule has 0 unspecified atom stereocenters. The molecule has 0 spiro atoms. The highest BCUT2D eigenvalue weighted by molar-refractivity contribution is 5.17. The monoisotopic (exact) mass is 219 g/mol. The van der Waals surface area contributed by atoms with E-state index in [9.17, 15) is 0 Å². The van der Waals surface area contributed by atoms with Gasteiger partial charge in [0.1, 0.15) is 5.76 Å². The molecule has 0 fully saturated rings. The molecule has 2 heterocycles. The summed E-state index contributed by atoms with van der Waals surface area (Å²) in [6, 6.07) is 4.01. The Morgan fingerprint density at radius 2 is 2.31 bits per heavy atom. The Hall–Kier alpha value is -1.55. The summed E-state index contributed by atoms with van der Waals surface area (Å²) in [7, 11) is 0. The first-order valence-corrected chi connectivity index (χ1v) is 5.55. The summed E-state index contributed by atoms with van der Waals surface area (Å²) in [4.78, 5) is 0. The molecule has 0 radical (unpaired) electrons. The normalized spacial score (nSPS) is 10.9. The summed E-state index contributed by atoms with van der Waals surface area (Å²) in [5, 5.41) is 7.62. The fourth-order valence-corrected chi connectivity index (χ4v) is 1.63. The van der Waals surface area contributed by atoms with Gasteiger partial charge in [-0.3, -0.25) is 4.68 Å². The summed E-state index contributed by atoms with van der Waals surface area (Å²) in [5.74, 6) is 0.995. The molecule has 1 N–H and O–H groups in total. The standard InChI is InChI=1S/C12H17N3O/c1-3-13-8-12-11(5-7-16-12)9-15-6-4-10(2)14-15/h4-7,13H,3,8-9H2,1-2H3. The van der Waals surface area contributed by atoms with Crippen molar-refractivity contribution in [2.24, 2.45) is 0 Å². The summed E-state index contributed by atoms with van der Waals surface area (Å²) >= 11 is 0. The summed E-state index contributed by atoms with van der Waals surface area (Å²) < 4.78 is 7.37. The van der Waals surface area contributed by atoms with E-state index in [-0.39, 0.29) is 0 Å². The second-order valence-corrected chi connectivity index (χ2v) is 3.80. The average Bonchev–Trinajstić information content (AvgIpc) is 2.86. The maximum absolute atomic E-state index is 5.44. The molecule has 0 atom stereocenters. The van der Waals surface area contributed by atoms with Crippen LogP contribution in [0, 0.1) is 6.92 Å². The van der Waals surface area contributed by atoms with Crippen LogP contribution in [-0.2, 0) is 13.1 Å². The summed E-state index contributed by atoms with van der Waals surface area (Å²) in [6.45, 7) is 6.57. The number of aryl methyl sites for hydroxylation is 1. The van der Waals surface area contributed by atoms with Crippen molar-refractivity contribution in [3.05, 3.63) is 41.6 Å². The molecule has 0 bridgehead atoms. The predicted octanol–water partition coefficient (Wildman–Crippen LogP) is 1.94. The van der Waals surface area contributed by atoms with Crippen LogP contribution in [0.15, 0.2) is 29.0 Å². The number of hydrogen-bond donors (Lipinski definition) is 1. The van der Waals surface area contributed by atoms with Crippen molar-refractivity contribution in [1.82, 2.24) is 15.1 Å². The first kappa shape index (κ1) is 11.0. The molecule has 16 heavy (non-hydrogen) atoms. The van der Waals surface area contributed by atoms with Gasteiger partial charge in [-0.2, -0.15) is 5.10 Å². The van der Waals surface area contributed by atoms with Gasteiger partial charge < -0.3 is 9.73 Å². The van der Waals surface area contributed by atoms with Crippen molar-refractivity contribution in [2.45, 2.75) is 26.9 Å². The lowest BCUT2D eigenvalue weighted by atomic mass is 10.2. The Balaban J connectivity index is 2.06. The lowest BCUT2D eigenvalue weighted by Gasteiger charge is -2.03. The van der Waals surface area contributed by atoms with Crippen LogP contribution in [-0.4, -0.2) is 16.3 Å². The topological polar surface area (TPSA) is 43.0 Å². The Kier molecular flexibility index (Phi) is 3.41. The molecular weight excluding hydrogens is 202 g/mol. The van der Waals surface area contributed by atoms with Gasteiger partial charge in [0.15, 0.2) is 0 Å². The van der Waals surface area contributed by atoms with Crippen molar-refractivity contribution < 1.29 is 4.42 Å². The van der Waals surface area contributed by atoms with Crippen LogP contribution >= 0.6 is 0 Å². The number of rotatable bonds is 5. The summed E-state index contributed by atoms with van der Waals surface area (Å²) in [5.41, 5.74) is 2.22. The zero-order valence-electron chi connectivity index (χ0n) is 9.73. The van der Waals surface area contributed by atoms with E-state index in [0.717, 1.165) is 31.1 Å². The Bertz CT molecular complexity index is 445. The number of aromatic nitrogens is 2. The molecule has 86 valence electrons. The third-order valence-electron chi connectivity index (χ3n) is 2.48. The van der Waals surface area contributed by atoms with E-state index in [0.29, 0.717) is 0 Å². The van der Waals surface area contributed by atoms with Crippen LogP contribution in [0.1, 0.15) is 23.9 Å². The van der Waals surface area contributed by atoms with Gasteiger partial charge in [-0.05, 0) is 25.6 Å². The highest BCUT2D eigenvalue weighted by Crippen LogP contribution is 2.12. The molecule has 0 aliphatic rings. The Labute approximate surface area is 95.3 Å². The SMILES string of the molecule is CCNCc1occc1Cn1ccc(C)n1. The van der Waals surface area contributed by atoms with Crippen LogP contribution in [0.4, 0.5) is 0 Å². The molecule has 2 aromatic heterocycles. The summed E-state index contributed by atoms with van der Waals surface area (Å²) in [6.07, 6.45) is 3.72. The number of hydrogen-bond acceptors (Lipinski definition) is 3. The average molecular weight is 219 g/mol. The van der Waals surface area contributed by atoms with Crippen molar-refractivity contribution in [1.29, 1.82) is 0 Å². The van der Waals surface area contributed by atoms with Crippen molar-refractivity contribution in [3.8, 4) is 0 Å². The molecule has 0 aliphatic carbocycles. The van der Waals surface area contributed by atoms with Gasteiger partial charge in [-0.15, -0.1) is 0 Å². The van der Waals surface area contributed by atoms with Crippen LogP contribution < -0.4 is 5.32 Å². The van der Waals surface area contributed by atoms with Gasteiger partial charge in [0.25, 0.3) is 0 Å². The third-order valence-corrected chi connectivity index (χ3v) is 2.48. The fraction of sp³-hybridized carbons (Fsp3) is 0.417. The largest absolute Gasteiger partial charge is 0.468 e. The van der Waals surface area contributed by atoms with Crippen molar-refractivity contribution in [2.75, 3.05) is 6.54 Å². The minimum atomic E-state index is 0.769. The second kappa shape index (κ2) is 4.99. The first-order valence-electron chi connectivity index (χ1n) is 5.55. The zero-order chi connectivity index (χ0) is 11.4. The first-order chi connectivity index (χ1) is 7.79. The van der Waals surface area contributed by atoms with Crippen LogP contribution in [0.5, 0.6) is 0 Å². The lowest BCUT2D eigenvalue weighted by Crippen LogP contribution is -2.13. The maximum atomic E-state index is 5.44. The zero-order valence-corrected chi connectivity index (χ0v) is 9.73. The molecular formula is C12H17N3O. The van der Waals surface area contributed by atoms with Crippen LogP contribution in [0.25, 0.3) is 0 Å². The van der Waals surface area contributed by atoms with E-state index in [4.69, 9.17) is 4.42 Å². The fourth-order valence-electron chi connectivity index (χ4n) is 1.63. The van der Waals surface area contributed by atoms with Gasteiger partial charge >= 0.3 is 0 Å². The Morgan fingerprint density at radius 3 is 3.00 bits per heavy atom. The number of nitrogens with one attached hydrogen (secondary N) is 1. The van der Waals surface area contributed by atoms with Gasteiger partial charge in [0.05, 0.1) is 25.0 Å². The van der Waals surface area contributed by atoms with Gasteiger partial charge in [0.2, 0.25) is 0 Å². The lowest BCUT2D eigenvalue weighted by molar-refractivity contribution is 0.479. The molecule has 2 rings (SSSR count). The van der Waals surface area contributed by atoms with E-state index in [1.807, 2.05) is 29.9 Å². The molecule has 2 aromatic rings. The van der Waals surface area contributed by atoms with Crippen molar-refractivity contribution >= 4 is 0 Å². The van der Waals surface area contributed by atoms with Gasteiger partial charge in [-0.1, -0.05) is 6.92 Å². The van der Waals surface area contributed by atoms with Crippen LogP contribution in [0.2, 0.25) is 0 Å². The molecule has 0 amide bonds. The minimum absolute atomic E-state index is 0.769. The van der Waals surface area contributed by atoms with E-state index < -0.39 is 0 Å². The second-order valence-electron chi connectivity index (χ2n) is 3.80. The molecule has 0 saturated heterocycles. The van der Waals surface area contributed by atoms with E-state index >= 15 is 0 Å². The minimum Gasteiger partial charge on any atom is -0.468 e. The van der Waals surface area contributed by atoms with E-state index in [1.165, 1.54) is 5.56 Å². The number of nitrogens with zero attached hydrogens (tertiary/aromatic N) is 2. The van der Waals surface area contributed by atoms with Crippen LogP contribution in [0.3, 0.4) is 0 Å². The number of furan rings is 1. The highest BCUT2D eigenvalue weighted by atomic mass is 16.3. The molecule has 4 heteroatoms.